The summed E-state index contributed by atoms with van der Waals surface area (Å²) in [6, 6.07) is 3.58. The molecule has 0 atom stereocenters. The molecule has 1 saturated heterocycles. The average molecular weight is 264 g/mol. The van der Waals surface area contributed by atoms with E-state index < -0.39 is 0 Å². The van der Waals surface area contributed by atoms with E-state index in [2.05, 4.69) is 5.32 Å². The summed E-state index contributed by atoms with van der Waals surface area (Å²) in [6.07, 6.45) is 1.82. The zero-order valence-corrected chi connectivity index (χ0v) is 11.4. The maximum absolute atomic E-state index is 12.2. The van der Waals surface area contributed by atoms with Crippen molar-refractivity contribution in [3.05, 3.63) is 24.0 Å². The molecule has 0 bridgehead atoms. The molecule has 0 aliphatic carbocycles. The van der Waals surface area contributed by atoms with Gasteiger partial charge in [-0.15, -0.1) is 0 Å². The molecule has 1 N–H and O–H groups in total. The number of hydrogen-bond acceptors (Lipinski definition) is 3. The summed E-state index contributed by atoms with van der Waals surface area (Å²) < 4.78 is 1.76. The minimum atomic E-state index is -0.129. The number of aryl methyl sites for hydroxylation is 1. The first-order chi connectivity index (χ1) is 9.09. The number of nitrogens with zero attached hydrogens (tertiary/aromatic N) is 3. The van der Waals surface area contributed by atoms with Crippen LogP contribution in [0, 0.1) is 0 Å². The Morgan fingerprint density at radius 2 is 2.05 bits per heavy atom. The Hall–Kier alpha value is -1.82. The fraction of sp³-hybridized carbons (Fsp3) is 0.538. The molecule has 0 radical (unpaired) electrons. The summed E-state index contributed by atoms with van der Waals surface area (Å²) >= 11 is 0. The molecule has 1 aliphatic heterocycles. The third-order valence-electron chi connectivity index (χ3n) is 3.35. The lowest BCUT2D eigenvalue weighted by molar-refractivity contribution is -0.132. The lowest BCUT2D eigenvalue weighted by Gasteiger charge is -2.29. The van der Waals surface area contributed by atoms with Gasteiger partial charge < -0.3 is 19.7 Å². The quantitative estimate of drug-likeness (QED) is 0.803. The highest BCUT2D eigenvalue weighted by molar-refractivity contribution is 5.95. The van der Waals surface area contributed by atoms with Crippen LogP contribution in [0.1, 0.15) is 10.5 Å². The first-order valence-electron chi connectivity index (χ1n) is 6.45. The predicted molar refractivity (Wildman–Crippen MR) is 71.8 cm³/mol. The second kappa shape index (κ2) is 5.88. The van der Waals surface area contributed by atoms with Crippen LogP contribution >= 0.6 is 0 Å². The van der Waals surface area contributed by atoms with Gasteiger partial charge in [0.05, 0.1) is 6.54 Å². The summed E-state index contributed by atoms with van der Waals surface area (Å²) in [5.41, 5.74) is 0.593. The predicted octanol–water partition coefficient (Wildman–Crippen LogP) is -0.471. The van der Waals surface area contributed by atoms with Crippen LogP contribution in [0.3, 0.4) is 0 Å². The number of carbonyl (C=O) groups excluding carboxylic acids is 2. The number of piperazine rings is 1. The van der Waals surface area contributed by atoms with Crippen molar-refractivity contribution < 1.29 is 9.59 Å². The summed E-state index contributed by atoms with van der Waals surface area (Å²) in [7, 11) is 3.48. The summed E-state index contributed by atoms with van der Waals surface area (Å²) in [6.45, 7) is 3.20. The van der Waals surface area contributed by atoms with Gasteiger partial charge in [0.2, 0.25) is 5.91 Å². The van der Waals surface area contributed by atoms with E-state index >= 15 is 0 Å². The van der Waals surface area contributed by atoms with Crippen molar-refractivity contribution in [1.29, 1.82) is 0 Å². The number of likely N-dealkylation sites (N-methyl/N-ethyl adjacent to an activating group) is 1. The molecule has 1 fully saturated rings. The van der Waals surface area contributed by atoms with Crippen LogP contribution in [-0.2, 0) is 11.8 Å². The Bertz CT molecular complexity index is 463. The Labute approximate surface area is 113 Å². The third kappa shape index (κ3) is 3.14. The van der Waals surface area contributed by atoms with Gasteiger partial charge in [-0.2, -0.15) is 0 Å². The molecule has 1 aromatic rings. The van der Waals surface area contributed by atoms with E-state index in [4.69, 9.17) is 0 Å². The van der Waals surface area contributed by atoms with Crippen LogP contribution in [0.15, 0.2) is 18.3 Å². The van der Waals surface area contributed by atoms with Crippen molar-refractivity contribution in [3.8, 4) is 0 Å². The molecule has 6 heteroatoms. The van der Waals surface area contributed by atoms with Gasteiger partial charge >= 0.3 is 0 Å². The van der Waals surface area contributed by atoms with Gasteiger partial charge in [0.15, 0.2) is 0 Å². The molecule has 0 saturated carbocycles. The van der Waals surface area contributed by atoms with Gasteiger partial charge in [0, 0.05) is 46.5 Å². The number of amides is 2. The first-order valence-corrected chi connectivity index (χ1v) is 6.45. The molecule has 0 spiro atoms. The minimum Gasteiger partial charge on any atom is -0.347 e. The monoisotopic (exact) mass is 264 g/mol. The normalized spacial score (nSPS) is 15.4. The van der Waals surface area contributed by atoms with Crippen LogP contribution < -0.4 is 5.32 Å². The molecule has 19 heavy (non-hydrogen) atoms. The van der Waals surface area contributed by atoms with Crippen LogP contribution in [0.25, 0.3) is 0 Å². The Morgan fingerprint density at radius 3 is 2.63 bits per heavy atom. The second-order valence-corrected chi connectivity index (χ2v) is 4.80. The molecule has 1 aliphatic rings. The minimum absolute atomic E-state index is 0.00607. The van der Waals surface area contributed by atoms with Gasteiger partial charge in [-0.05, 0) is 12.1 Å². The van der Waals surface area contributed by atoms with E-state index in [1.54, 1.807) is 22.6 Å². The van der Waals surface area contributed by atoms with Gasteiger partial charge in [0.25, 0.3) is 5.91 Å². The summed E-state index contributed by atoms with van der Waals surface area (Å²) in [4.78, 5) is 27.5. The van der Waals surface area contributed by atoms with E-state index in [0.29, 0.717) is 18.8 Å². The average Bonchev–Trinajstić information content (AvgIpc) is 2.85. The van der Waals surface area contributed by atoms with Gasteiger partial charge in [-0.25, -0.2) is 0 Å². The molecule has 1 aromatic heterocycles. The summed E-state index contributed by atoms with van der Waals surface area (Å²) in [5.74, 6) is -0.123. The molecule has 2 heterocycles. The largest absolute Gasteiger partial charge is 0.347 e. The Balaban J connectivity index is 1.93. The van der Waals surface area contributed by atoms with Gasteiger partial charge in [-0.3, -0.25) is 9.59 Å². The smallest absolute Gasteiger partial charge is 0.270 e. The molecular weight excluding hydrogens is 244 g/mol. The van der Waals surface area contributed by atoms with Crippen molar-refractivity contribution in [2.24, 2.45) is 7.05 Å². The fourth-order valence-corrected chi connectivity index (χ4v) is 2.17. The highest BCUT2D eigenvalue weighted by Crippen LogP contribution is 2.04. The molecule has 6 nitrogen and oxygen atoms in total. The number of aromatic nitrogens is 1. The third-order valence-corrected chi connectivity index (χ3v) is 3.35. The second-order valence-electron chi connectivity index (χ2n) is 4.80. The van der Waals surface area contributed by atoms with Crippen molar-refractivity contribution in [3.63, 3.8) is 0 Å². The zero-order valence-electron chi connectivity index (χ0n) is 11.4. The van der Waals surface area contributed by atoms with Crippen molar-refractivity contribution >= 4 is 11.8 Å². The Morgan fingerprint density at radius 1 is 1.37 bits per heavy atom. The molecule has 104 valence electrons. The SMILES string of the molecule is CN(CC(=O)N1CCNCC1)C(=O)c1cccn1C. The van der Waals surface area contributed by atoms with Crippen LogP contribution in [0.4, 0.5) is 0 Å². The first kappa shape index (κ1) is 13.6. The van der Waals surface area contributed by atoms with Crippen molar-refractivity contribution in [1.82, 2.24) is 19.7 Å². The molecule has 2 rings (SSSR count). The van der Waals surface area contributed by atoms with E-state index in [1.165, 1.54) is 4.90 Å². The standard InChI is InChI=1S/C13H20N4O2/c1-15-7-3-4-11(15)13(19)16(2)10-12(18)17-8-5-14-6-9-17/h3-4,7,14H,5-6,8-10H2,1-2H3. The zero-order chi connectivity index (χ0) is 13.8. The molecule has 2 amide bonds. The Kier molecular flexibility index (Phi) is 4.21. The van der Waals surface area contributed by atoms with Crippen LogP contribution in [0.2, 0.25) is 0 Å². The van der Waals surface area contributed by atoms with E-state index in [-0.39, 0.29) is 18.4 Å². The number of carbonyl (C=O) groups is 2. The molecule has 0 unspecified atom stereocenters. The maximum atomic E-state index is 12.2. The topological polar surface area (TPSA) is 57.6 Å². The highest BCUT2D eigenvalue weighted by atomic mass is 16.2. The fourth-order valence-electron chi connectivity index (χ4n) is 2.17. The van der Waals surface area contributed by atoms with Crippen molar-refractivity contribution in [2.45, 2.75) is 0 Å². The maximum Gasteiger partial charge on any atom is 0.270 e. The van der Waals surface area contributed by atoms with E-state index in [0.717, 1.165) is 13.1 Å². The van der Waals surface area contributed by atoms with Crippen LogP contribution in [0.5, 0.6) is 0 Å². The van der Waals surface area contributed by atoms with Gasteiger partial charge in [0.1, 0.15) is 5.69 Å². The lowest BCUT2D eigenvalue weighted by Crippen LogP contribution is -2.49. The van der Waals surface area contributed by atoms with Crippen LogP contribution in [-0.4, -0.2) is 66.0 Å². The number of nitrogens with one attached hydrogen (secondary N) is 1. The van der Waals surface area contributed by atoms with Crippen molar-refractivity contribution in [2.75, 3.05) is 39.8 Å². The van der Waals surface area contributed by atoms with E-state index in [9.17, 15) is 9.59 Å². The highest BCUT2D eigenvalue weighted by Gasteiger charge is 2.21. The van der Waals surface area contributed by atoms with Gasteiger partial charge in [-0.1, -0.05) is 0 Å². The number of rotatable bonds is 3. The molecular formula is C13H20N4O2. The lowest BCUT2D eigenvalue weighted by atomic mass is 10.3. The molecule has 0 aromatic carbocycles. The van der Waals surface area contributed by atoms with E-state index in [1.807, 2.05) is 19.3 Å². The number of hydrogen-bond donors (Lipinski definition) is 1. The summed E-state index contributed by atoms with van der Waals surface area (Å²) in [5, 5.41) is 3.20.